The van der Waals surface area contributed by atoms with Gasteiger partial charge in [-0.15, -0.1) is 0 Å². The van der Waals surface area contributed by atoms with Crippen molar-refractivity contribution < 1.29 is 0 Å². The van der Waals surface area contributed by atoms with Gasteiger partial charge in [-0.25, -0.2) is 0 Å². The van der Waals surface area contributed by atoms with Gasteiger partial charge in [-0.1, -0.05) is 150 Å². The van der Waals surface area contributed by atoms with Crippen LogP contribution >= 0.6 is 0 Å². The molecule has 6 rings (SSSR count). The van der Waals surface area contributed by atoms with Gasteiger partial charge in [0.05, 0.1) is 0 Å². The van der Waals surface area contributed by atoms with E-state index in [1.807, 2.05) is 0 Å². The van der Waals surface area contributed by atoms with E-state index in [0.717, 1.165) is 0 Å². The highest BCUT2D eigenvalue weighted by Gasteiger charge is 2.42. The van der Waals surface area contributed by atoms with Crippen LogP contribution < -0.4 is 4.90 Å². The van der Waals surface area contributed by atoms with Crippen molar-refractivity contribution in [2.75, 3.05) is 11.9 Å². The molecule has 0 saturated heterocycles. The first kappa shape index (κ1) is 31.9. The van der Waals surface area contributed by atoms with E-state index in [9.17, 15) is 0 Å². The van der Waals surface area contributed by atoms with E-state index in [-0.39, 0.29) is 5.41 Å². The summed E-state index contributed by atoms with van der Waals surface area (Å²) in [5, 5.41) is 0. The number of para-hydroxylation sites is 1. The molecule has 0 N–H and O–H groups in total. The minimum atomic E-state index is 0.0519. The summed E-state index contributed by atoms with van der Waals surface area (Å²) in [5.41, 5.74) is 15.0. The van der Waals surface area contributed by atoms with Crippen LogP contribution in [0.4, 0.5) is 11.4 Å². The maximum atomic E-state index is 2.57. The van der Waals surface area contributed by atoms with Crippen molar-refractivity contribution in [1.29, 1.82) is 0 Å². The molecule has 0 bridgehead atoms. The van der Waals surface area contributed by atoms with Crippen LogP contribution in [-0.2, 0) is 5.41 Å². The first-order valence-corrected chi connectivity index (χ1v) is 17.8. The Hall–Kier alpha value is -4.10. The van der Waals surface area contributed by atoms with Crippen LogP contribution in [0, 0.1) is 6.92 Å². The predicted molar refractivity (Wildman–Crippen MR) is 200 cm³/mol. The average molecular weight is 606 g/mol. The number of anilines is 2. The van der Waals surface area contributed by atoms with Crippen molar-refractivity contribution in [2.24, 2.45) is 0 Å². The van der Waals surface area contributed by atoms with Gasteiger partial charge >= 0.3 is 0 Å². The Morgan fingerprint density at radius 2 is 0.935 bits per heavy atom. The summed E-state index contributed by atoms with van der Waals surface area (Å²) in [6.45, 7) is 6.82. The molecule has 1 nitrogen and oxygen atoms in total. The van der Waals surface area contributed by atoms with Gasteiger partial charge in [0.1, 0.15) is 0 Å². The Bertz CT molecular complexity index is 1700. The molecule has 0 amide bonds. The summed E-state index contributed by atoms with van der Waals surface area (Å²) in [5.74, 6) is 0. The van der Waals surface area contributed by atoms with Crippen LogP contribution in [0.15, 0.2) is 115 Å². The maximum absolute atomic E-state index is 2.57. The summed E-state index contributed by atoms with van der Waals surface area (Å²) in [6.07, 6.45) is 12.8. The molecule has 1 aliphatic carbocycles. The molecule has 0 unspecified atom stereocenters. The molecule has 46 heavy (non-hydrogen) atoms. The number of fused-ring (bicyclic) bond motifs is 3. The highest BCUT2D eigenvalue weighted by molar-refractivity contribution is 5.86. The Balaban J connectivity index is 1.41. The lowest BCUT2D eigenvalue weighted by atomic mass is 9.70. The Labute approximate surface area is 278 Å². The van der Waals surface area contributed by atoms with Gasteiger partial charge in [0, 0.05) is 23.8 Å². The van der Waals surface area contributed by atoms with Crippen LogP contribution in [0.2, 0.25) is 0 Å². The van der Waals surface area contributed by atoms with Gasteiger partial charge in [0.15, 0.2) is 0 Å². The van der Waals surface area contributed by atoms with Crippen molar-refractivity contribution in [3.63, 3.8) is 0 Å². The van der Waals surface area contributed by atoms with Crippen molar-refractivity contribution in [2.45, 2.75) is 90.4 Å². The van der Waals surface area contributed by atoms with Crippen molar-refractivity contribution in [3.8, 4) is 33.4 Å². The molecular formula is C45H51N. The third-order valence-electron chi connectivity index (χ3n) is 10.4. The largest absolute Gasteiger partial charge is 0.345 e. The molecule has 236 valence electrons. The van der Waals surface area contributed by atoms with E-state index < -0.39 is 0 Å². The lowest BCUT2D eigenvalue weighted by Crippen LogP contribution is -2.25. The fourth-order valence-corrected chi connectivity index (χ4v) is 7.65. The molecule has 0 fully saturated rings. The van der Waals surface area contributed by atoms with Gasteiger partial charge in [0.25, 0.3) is 0 Å². The molecule has 0 spiro atoms. The van der Waals surface area contributed by atoms with E-state index in [4.69, 9.17) is 0 Å². The van der Waals surface area contributed by atoms with Gasteiger partial charge in [0.2, 0.25) is 0 Å². The number of hydrogen-bond acceptors (Lipinski definition) is 1. The maximum Gasteiger partial charge on any atom is 0.0408 e. The van der Waals surface area contributed by atoms with Crippen LogP contribution in [-0.4, -0.2) is 7.05 Å². The zero-order valence-electron chi connectivity index (χ0n) is 28.5. The van der Waals surface area contributed by atoms with E-state index in [2.05, 4.69) is 148 Å². The second kappa shape index (κ2) is 14.5. The molecule has 1 aliphatic rings. The topological polar surface area (TPSA) is 3.24 Å². The lowest BCUT2D eigenvalue weighted by molar-refractivity contribution is 0.401. The van der Waals surface area contributed by atoms with E-state index in [0.29, 0.717) is 0 Å². The smallest absolute Gasteiger partial charge is 0.0408 e. The predicted octanol–water partition coefficient (Wildman–Crippen LogP) is 13.3. The summed E-state index contributed by atoms with van der Waals surface area (Å²) >= 11 is 0. The fraction of sp³-hybridized carbons (Fsp3) is 0.333. The number of aryl methyl sites for hydroxylation is 1. The molecule has 0 radical (unpaired) electrons. The molecule has 1 heteroatoms. The Morgan fingerprint density at radius 3 is 1.43 bits per heavy atom. The average Bonchev–Trinajstić information content (AvgIpc) is 3.37. The zero-order valence-corrected chi connectivity index (χ0v) is 28.5. The van der Waals surface area contributed by atoms with Crippen molar-refractivity contribution >= 4 is 11.4 Å². The SMILES string of the molecule is CCCCCCC1(CCCCCC)c2cc(-c3ccc(C)cc3)ccc2-c2ccc(-c3ccc(N(C)c4ccccc4)cc3)cc21. The molecule has 5 aromatic carbocycles. The summed E-state index contributed by atoms with van der Waals surface area (Å²) < 4.78 is 0. The zero-order chi connectivity index (χ0) is 31.9. The van der Waals surface area contributed by atoms with Gasteiger partial charge in [-0.05, 0) is 101 Å². The monoisotopic (exact) mass is 605 g/mol. The van der Waals surface area contributed by atoms with Gasteiger partial charge in [-0.3, -0.25) is 0 Å². The normalized spacial score (nSPS) is 13.0. The van der Waals surface area contributed by atoms with Crippen molar-refractivity contribution in [3.05, 3.63) is 132 Å². The molecule has 5 aromatic rings. The molecule has 0 aliphatic heterocycles. The first-order chi connectivity index (χ1) is 22.5. The van der Waals surface area contributed by atoms with Gasteiger partial charge in [-0.2, -0.15) is 0 Å². The molecule has 0 aromatic heterocycles. The number of nitrogens with zero attached hydrogens (tertiary/aromatic N) is 1. The van der Waals surface area contributed by atoms with Crippen LogP contribution in [0.1, 0.15) is 94.7 Å². The fourth-order valence-electron chi connectivity index (χ4n) is 7.65. The van der Waals surface area contributed by atoms with Gasteiger partial charge < -0.3 is 4.90 Å². The van der Waals surface area contributed by atoms with Crippen LogP contribution in [0.5, 0.6) is 0 Å². The third kappa shape index (κ3) is 6.57. The van der Waals surface area contributed by atoms with Crippen molar-refractivity contribution in [1.82, 2.24) is 0 Å². The highest BCUT2D eigenvalue weighted by atomic mass is 15.1. The summed E-state index contributed by atoms with van der Waals surface area (Å²) in [7, 11) is 2.15. The molecule has 0 saturated carbocycles. The first-order valence-electron chi connectivity index (χ1n) is 17.8. The Kier molecular flexibility index (Phi) is 10.1. The third-order valence-corrected chi connectivity index (χ3v) is 10.4. The van der Waals surface area contributed by atoms with Crippen LogP contribution in [0.3, 0.4) is 0 Å². The molecule has 0 heterocycles. The van der Waals surface area contributed by atoms with Crippen LogP contribution in [0.25, 0.3) is 33.4 Å². The molecular weight excluding hydrogens is 555 g/mol. The molecule has 0 atom stereocenters. The highest BCUT2D eigenvalue weighted by Crippen LogP contribution is 2.55. The Morgan fingerprint density at radius 1 is 0.478 bits per heavy atom. The number of benzene rings is 5. The second-order valence-corrected chi connectivity index (χ2v) is 13.5. The standard InChI is InChI=1S/C45H51N/c1-5-7-9-14-30-45(31-15-10-8-6-2)43-32-37(35-20-18-34(3)19-21-35)24-28-41(43)42-29-25-38(33-44(42)45)36-22-26-40(27-23-36)46(4)39-16-12-11-13-17-39/h11-13,16-29,32-33H,5-10,14-15,30-31H2,1-4H3. The lowest BCUT2D eigenvalue weighted by Gasteiger charge is -2.33. The number of unbranched alkanes of at least 4 members (excludes halogenated alkanes) is 6. The number of rotatable bonds is 14. The minimum absolute atomic E-state index is 0.0519. The summed E-state index contributed by atoms with van der Waals surface area (Å²) in [6, 6.07) is 43.5. The quantitative estimate of drug-likeness (QED) is 0.114. The van der Waals surface area contributed by atoms with E-state index >= 15 is 0 Å². The van der Waals surface area contributed by atoms with E-state index in [1.54, 1.807) is 11.1 Å². The van der Waals surface area contributed by atoms with E-state index in [1.165, 1.54) is 115 Å². The minimum Gasteiger partial charge on any atom is -0.345 e. The summed E-state index contributed by atoms with van der Waals surface area (Å²) in [4.78, 5) is 2.26. The number of hydrogen-bond donors (Lipinski definition) is 0. The second-order valence-electron chi connectivity index (χ2n) is 13.5.